The third-order valence-electron chi connectivity index (χ3n) is 2.19. The van der Waals surface area contributed by atoms with Crippen molar-refractivity contribution in [3.05, 3.63) is 30.1 Å². The lowest BCUT2D eigenvalue weighted by atomic mass is 10.2. The second-order valence-corrected chi connectivity index (χ2v) is 3.96. The number of nitrogens with zero attached hydrogens (tertiary/aromatic N) is 1. The molecule has 2 N–H and O–H groups in total. The summed E-state index contributed by atoms with van der Waals surface area (Å²) in [5, 5.41) is 6.78. The number of hydrogen-bond acceptors (Lipinski definition) is 3. The molecular weight excluding hydrogens is 186 g/mol. The van der Waals surface area contributed by atoms with Crippen LogP contribution in [0.5, 0.6) is 0 Å². The van der Waals surface area contributed by atoms with Crippen LogP contribution in [-0.4, -0.2) is 30.7 Å². The quantitative estimate of drug-likeness (QED) is 0.660. The molecule has 3 heteroatoms. The van der Waals surface area contributed by atoms with Gasteiger partial charge in [-0.1, -0.05) is 13.8 Å². The van der Waals surface area contributed by atoms with E-state index in [9.17, 15) is 0 Å². The van der Waals surface area contributed by atoms with E-state index in [-0.39, 0.29) is 0 Å². The lowest BCUT2D eigenvalue weighted by Gasteiger charge is -2.08. The first-order valence-electron chi connectivity index (χ1n) is 5.62. The van der Waals surface area contributed by atoms with E-state index in [1.54, 1.807) is 0 Å². The third-order valence-corrected chi connectivity index (χ3v) is 2.19. The summed E-state index contributed by atoms with van der Waals surface area (Å²) in [6, 6.07) is 4.70. The maximum atomic E-state index is 3.99. The van der Waals surface area contributed by atoms with Gasteiger partial charge in [0.25, 0.3) is 0 Å². The van der Waals surface area contributed by atoms with Gasteiger partial charge in [0.15, 0.2) is 0 Å². The minimum absolute atomic E-state index is 0.576. The number of pyridine rings is 1. The molecule has 0 unspecified atom stereocenters. The average Bonchev–Trinajstić information content (AvgIpc) is 2.24. The third kappa shape index (κ3) is 6.20. The predicted molar refractivity (Wildman–Crippen MR) is 63.9 cm³/mol. The highest BCUT2D eigenvalue weighted by Gasteiger charge is 1.93. The molecule has 15 heavy (non-hydrogen) atoms. The van der Waals surface area contributed by atoms with Gasteiger partial charge >= 0.3 is 0 Å². The zero-order valence-corrected chi connectivity index (χ0v) is 9.66. The Hall–Kier alpha value is -0.930. The van der Waals surface area contributed by atoms with E-state index in [1.807, 2.05) is 12.4 Å². The zero-order chi connectivity index (χ0) is 10.9. The van der Waals surface area contributed by atoms with Gasteiger partial charge in [-0.05, 0) is 30.7 Å². The first-order chi connectivity index (χ1) is 7.29. The van der Waals surface area contributed by atoms with Crippen molar-refractivity contribution in [2.24, 2.45) is 0 Å². The van der Waals surface area contributed by atoms with E-state index in [0.29, 0.717) is 6.04 Å². The smallest absolute Gasteiger partial charge is 0.0270 e. The van der Waals surface area contributed by atoms with E-state index >= 15 is 0 Å². The Bertz CT molecular complexity index is 246. The van der Waals surface area contributed by atoms with Gasteiger partial charge in [0.05, 0.1) is 0 Å². The molecule has 0 aliphatic carbocycles. The van der Waals surface area contributed by atoms with Gasteiger partial charge in [0.1, 0.15) is 0 Å². The summed E-state index contributed by atoms with van der Waals surface area (Å²) in [4.78, 5) is 3.99. The lowest BCUT2D eigenvalue weighted by molar-refractivity contribution is 0.556. The van der Waals surface area contributed by atoms with Crippen LogP contribution in [0.3, 0.4) is 0 Å². The summed E-state index contributed by atoms with van der Waals surface area (Å²) < 4.78 is 0. The predicted octanol–water partition coefficient (Wildman–Crippen LogP) is 1.21. The van der Waals surface area contributed by atoms with Crippen LogP contribution in [0.4, 0.5) is 0 Å². The fourth-order valence-electron chi connectivity index (χ4n) is 1.36. The maximum Gasteiger partial charge on any atom is 0.0270 e. The van der Waals surface area contributed by atoms with Crippen molar-refractivity contribution in [3.8, 4) is 0 Å². The molecule has 3 nitrogen and oxygen atoms in total. The molecule has 0 spiro atoms. The number of nitrogens with one attached hydrogen (secondary N) is 2. The Morgan fingerprint density at radius 2 is 1.87 bits per heavy atom. The summed E-state index contributed by atoms with van der Waals surface area (Å²) in [6.45, 7) is 7.43. The van der Waals surface area contributed by atoms with E-state index in [1.165, 1.54) is 5.56 Å². The normalized spacial score (nSPS) is 10.9. The van der Waals surface area contributed by atoms with Gasteiger partial charge in [-0.15, -0.1) is 0 Å². The maximum absolute atomic E-state index is 3.99. The Morgan fingerprint density at radius 1 is 1.13 bits per heavy atom. The number of rotatable bonds is 7. The average molecular weight is 207 g/mol. The lowest BCUT2D eigenvalue weighted by Crippen LogP contribution is -2.32. The standard InChI is InChI=1S/C12H21N3/c1-11(2)15-10-9-14-8-5-12-3-6-13-7-4-12/h3-4,6-7,11,14-15H,5,8-10H2,1-2H3. The fraction of sp³-hybridized carbons (Fsp3) is 0.583. The SMILES string of the molecule is CC(C)NCCNCCc1ccncc1. The van der Waals surface area contributed by atoms with Crippen LogP contribution in [0, 0.1) is 0 Å². The first kappa shape index (κ1) is 12.1. The van der Waals surface area contributed by atoms with Crippen LogP contribution in [-0.2, 0) is 6.42 Å². The number of hydrogen-bond donors (Lipinski definition) is 2. The molecule has 0 amide bonds. The zero-order valence-electron chi connectivity index (χ0n) is 9.66. The van der Waals surface area contributed by atoms with Crippen LogP contribution in [0.25, 0.3) is 0 Å². The summed E-state index contributed by atoms with van der Waals surface area (Å²) in [5.74, 6) is 0. The van der Waals surface area contributed by atoms with Gasteiger partial charge in [-0.2, -0.15) is 0 Å². The van der Waals surface area contributed by atoms with Crippen molar-refractivity contribution in [2.45, 2.75) is 26.3 Å². The molecule has 0 aromatic carbocycles. The molecule has 1 aromatic rings. The highest BCUT2D eigenvalue weighted by Crippen LogP contribution is 1.95. The fourth-order valence-corrected chi connectivity index (χ4v) is 1.36. The second-order valence-electron chi connectivity index (χ2n) is 3.96. The molecule has 84 valence electrons. The molecule has 1 heterocycles. The molecule has 0 saturated heterocycles. The Kier molecular flexibility index (Phi) is 5.97. The van der Waals surface area contributed by atoms with Crippen LogP contribution in [0.1, 0.15) is 19.4 Å². The van der Waals surface area contributed by atoms with Gasteiger partial charge in [-0.25, -0.2) is 0 Å². The summed E-state index contributed by atoms with van der Waals surface area (Å²) in [7, 11) is 0. The van der Waals surface area contributed by atoms with Crippen molar-refractivity contribution >= 4 is 0 Å². The topological polar surface area (TPSA) is 37.0 Å². The Balaban J connectivity index is 1.98. The summed E-state index contributed by atoms with van der Waals surface area (Å²) in [5.41, 5.74) is 1.34. The molecule has 0 atom stereocenters. The largest absolute Gasteiger partial charge is 0.315 e. The van der Waals surface area contributed by atoms with Gasteiger partial charge in [0.2, 0.25) is 0 Å². The van der Waals surface area contributed by atoms with E-state index in [4.69, 9.17) is 0 Å². The minimum atomic E-state index is 0.576. The van der Waals surface area contributed by atoms with E-state index in [2.05, 4.69) is 41.6 Å². The van der Waals surface area contributed by atoms with Crippen molar-refractivity contribution < 1.29 is 0 Å². The molecule has 0 fully saturated rings. The van der Waals surface area contributed by atoms with Crippen molar-refractivity contribution in [1.29, 1.82) is 0 Å². The van der Waals surface area contributed by atoms with Crippen LogP contribution >= 0.6 is 0 Å². The Morgan fingerprint density at radius 3 is 2.53 bits per heavy atom. The Labute approximate surface area is 92.3 Å². The van der Waals surface area contributed by atoms with Crippen molar-refractivity contribution in [2.75, 3.05) is 19.6 Å². The summed E-state index contributed by atoms with van der Waals surface area (Å²) in [6.07, 6.45) is 4.76. The molecule has 1 rings (SSSR count). The van der Waals surface area contributed by atoms with Gasteiger partial charge in [0, 0.05) is 31.5 Å². The van der Waals surface area contributed by atoms with E-state index in [0.717, 1.165) is 26.1 Å². The molecular formula is C12H21N3. The van der Waals surface area contributed by atoms with Gasteiger partial charge in [-0.3, -0.25) is 4.98 Å². The van der Waals surface area contributed by atoms with Crippen LogP contribution in [0.15, 0.2) is 24.5 Å². The van der Waals surface area contributed by atoms with Crippen molar-refractivity contribution in [1.82, 2.24) is 15.6 Å². The monoisotopic (exact) mass is 207 g/mol. The van der Waals surface area contributed by atoms with Gasteiger partial charge < -0.3 is 10.6 Å². The minimum Gasteiger partial charge on any atom is -0.315 e. The second kappa shape index (κ2) is 7.37. The van der Waals surface area contributed by atoms with Crippen LogP contribution < -0.4 is 10.6 Å². The highest BCUT2D eigenvalue weighted by molar-refractivity contribution is 5.09. The molecule has 0 radical (unpaired) electrons. The molecule has 0 aliphatic rings. The molecule has 0 bridgehead atoms. The first-order valence-corrected chi connectivity index (χ1v) is 5.62. The van der Waals surface area contributed by atoms with Crippen LogP contribution in [0.2, 0.25) is 0 Å². The summed E-state index contributed by atoms with van der Waals surface area (Å²) >= 11 is 0. The molecule has 0 saturated carbocycles. The number of aromatic nitrogens is 1. The van der Waals surface area contributed by atoms with E-state index < -0.39 is 0 Å². The molecule has 1 aromatic heterocycles. The highest BCUT2D eigenvalue weighted by atomic mass is 14.9. The molecule has 0 aliphatic heterocycles. The van der Waals surface area contributed by atoms with Crippen molar-refractivity contribution in [3.63, 3.8) is 0 Å².